The third-order valence-electron chi connectivity index (χ3n) is 4.39. The SMILES string of the molecule is C=O.CC(C)C.CC1CC(C=O)N(C(=O)CO)C1.CNCc1ccccc1.O=CNc1ccccc1. The number of hydrogen-bond donors (Lipinski definition) is 3. The van der Waals surface area contributed by atoms with Crippen molar-refractivity contribution in [2.75, 3.05) is 25.5 Å². The fourth-order valence-corrected chi connectivity index (χ4v) is 2.99. The van der Waals surface area contributed by atoms with Gasteiger partial charge in [0.15, 0.2) is 0 Å². The molecule has 36 heavy (non-hydrogen) atoms. The van der Waals surface area contributed by atoms with Gasteiger partial charge in [0, 0.05) is 18.8 Å². The summed E-state index contributed by atoms with van der Waals surface area (Å²) < 4.78 is 0. The van der Waals surface area contributed by atoms with E-state index in [1.165, 1.54) is 10.5 Å². The minimum absolute atomic E-state index is 0.320. The quantitative estimate of drug-likeness (QED) is 0.522. The third kappa shape index (κ3) is 18.0. The zero-order chi connectivity index (χ0) is 27.8. The summed E-state index contributed by atoms with van der Waals surface area (Å²) in [6.45, 7) is 11.5. The lowest BCUT2D eigenvalue weighted by Crippen LogP contribution is -2.38. The highest BCUT2D eigenvalue weighted by Gasteiger charge is 2.31. The molecule has 0 aromatic heterocycles. The molecule has 2 aromatic carbocycles. The van der Waals surface area contributed by atoms with E-state index in [0.717, 1.165) is 30.9 Å². The van der Waals surface area contributed by atoms with Crippen LogP contribution in [0.3, 0.4) is 0 Å². The molecule has 1 heterocycles. The maximum absolute atomic E-state index is 11.0. The number of anilines is 1. The van der Waals surface area contributed by atoms with Crippen molar-refractivity contribution in [2.45, 2.75) is 46.7 Å². The van der Waals surface area contributed by atoms with E-state index in [9.17, 15) is 14.4 Å². The van der Waals surface area contributed by atoms with Crippen molar-refractivity contribution < 1.29 is 24.3 Å². The standard InChI is InChI=1S/C8H13NO3.C8H11N.C7H7NO.C4H10.CH2O/c1-6-2-7(4-10)9(3-6)8(12)5-11;1-9-7-8-5-3-2-4-6-8;9-6-8-7-4-2-1-3-5-7;1-4(2)3;1-2/h4,6-7,11H,2-3,5H2,1H3;2-6,9H,7H2,1H3;1-6H,(H,8,9);4H,1-3H3;1H2. The van der Waals surface area contributed by atoms with Gasteiger partial charge in [0.25, 0.3) is 0 Å². The van der Waals surface area contributed by atoms with Crippen LogP contribution in [-0.4, -0.2) is 61.6 Å². The summed E-state index contributed by atoms with van der Waals surface area (Å²) >= 11 is 0. The summed E-state index contributed by atoms with van der Waals surface area (Å²) in [6.07, 6.45) is 2.15. The van der Waals surface area contributed by atoms with Gasteiger partial charge in [-0.3, -0.25) is 9.59 Å². The number of aliphatic hydroxyl groups excluding tert-OH is 1. The number of benzene rings is 2. The predicted molar refractivity (Wildman–Crippen MR) is 145 cm³/mol. The summed E-state index contributed by atoms with van der Waals surface area (Å²) in [7, 11) is 1.95. The van der Waals surface area contributed by atoms with E-state index in [-0.39, 0.29) is 11.9 Å². The van der Waals surface area contributed by atoms with Crippen molar-refractivity contribution in [1.82, 2.24) is 10.2 Å². The largest absolute Gasteiger partial charge is 0.387 e. The summed E-state index contributed by atoms with van der Waals surface area (Å²) in [6, 6.07) is 19.3. The molecule has 2 amide bonds. The fourth-order valence-electron chi connectivity index (χ4n) is 2.99. The minimum atomic E-state index is -0.503. The molecule has 200 valence electrons. The van der Waals surface area contributed by atoms with Crippen LogP contribution in [0.25, 0.3) is 0 Å². The Morgan fingerprint density at radius 1 is 1.06 bits per heavy atom. The van der Waals surface area contributed by atoms with E-state index in [0.29, 0.717) is 18.9 Å². The maximum atomic E-state index is 11.0. The van der Waals surface area contributed by atoms with Gasteiger partial charge in [-0.15, -0.1) is 0 Å². The molecule has 0 bridgehead atoms. The van der Waals surface area contributed by atoms with Crippen molar-refractivity contribution in [3.63, 3.8) is 0 Å². The van der Waals surface area contributed by atoms with E-state index in [2.05, 4.69) is 43.5 Å². The molecular weight excluding hydrogens is 458 g/mol. The summed E-state index contributed by atoms with van der Waals surface area (Å²) in [4.78, 5) is 40.9. The number of aldehydes is 1. The third-order valence-corrected chi connectivity index (χ3v) is 4.39. The van der Waals surface area contributed by atoms with Crippen molar-refractivity contribution in [3.8, 4) is 0 Å². The Bertz CT molecular complexity index is 801. The van der Waals surface area contributed by atoms with Crippen LogP contribution in [0.4, 0.5) is 5.69 Å². The lowest BCUT2D eigenvalue weighted by atomic mass is 10.1. The molecule has 0 spiro atoms. The smallest absolute Gasteiger partial charge is 0.248 e. The van der Waals surface area contributed by atoms with Crippen LogP contribution in [0.1, 0.15) is 39.7 Å². The number of likely N-dealkylation sites (tertiary alicyclic amines) is 1. The zero-order valence-electron chi connectivity index (χ0n) is 22.2. The van der Waals surface area contributed by atoms with Crippen molar-refractivity contribution >= 4 is 31.1 Å². The topological polar surface area (TPSA) is 116 Å². The highest BCUT2D eigenvalue weighted by molar-refractivity contribution is 5.81. The molecule has 1 fully saturated rings. The minimum Gasteiger partial charge on any atom is -0.387 e. The molecule has 3 rings (SSSR count). The molecule has 2 atom stereocenters. The first-order chi connectivity index (χ1) is 17.3. The molecule has 2 aromatic rings. The van der Waals surface area contributed by atoms with Crippen molar-refractivity contribution in [1.29, 1.82) is 0 Å². The van der Waals surface area contributed by atoms with Gasteiger partial charge >= 0.3 is 0 Å². The van der Waals surface area contributed by atoms with Gasteiger partial charge in [-0.1, -0.05) is 76.2 Å². The van der Waals surface area contributed by atoms with E-state index in [1.807, 2.05) is 69.3 Å². The van der Waals surface area contributed by atoms with Crippen LogP contribution in [0.15, 0.2) is 60.7 Å². The molecule has 8 heteroatoms. The molecular formula is C28H43N3O5. The number of carbonyl (C=O) groups excluding carboxylic acids is 4. The highest BCUT2D eigenvalue weighted by Crippen LogP contribution is 2.21. The maximum Gasteiger partial charge on any atom is 0.248 e. The molecule has 0 aliphatic carbocycles. The Labute approximate surface area is 216 Å². The van der Waals surface area contributed by atoms with Gasteiger partial charge in [-0.05, 0) is 43.0 Å². The second-order valence-electron chi connectivity index (χ2n) is 8.62. The van der Waals surface area contributed by atoms with E-state index in [1.54, 1.807) is 0 Å². The van der Waals surface area contributed by atoms with Gasteiger partial charge in [0.2, 0.25) is 12.3 Å². The molecule has 0 saturated carbocycles. The van der Waals surface area contributed by atoms with E-state index in [4.69, 9.17) is 9.90 Å². The number of nitrogens with one attached hydrogen (secondary N) is 2. The van der Waals surface area contributed by atoms with Crippen LogP contribution >= 0.6 is 0 Å². The van der Waals surface area contributed by atoms with Crippen molar-refractivity contribution in [3.05, 3.63) is 66.2 Å². The second-order valence-corrected chi connectivity index (χ2v) is 8.62. The normalized spacial score (nSPS) is 15.2. The Kier molecular flexibility index (Phi) is 22.6. The highest BCUT2D eigenvalue weighted by atomic mass is 16.3. The second kappa shape index (κ2) is 23.4. The molecule has 1 saturated heterocycles. The van der Waals surface area contributed by atoms with Gasteiger partial charge in [0.05, 0.1) is 6.04 Å². The molecule has 2 unspecified atom stereocenters. The first-order valence-electron chi connectivity index (χ1n) is 11.9. The lowest BCUT2D eigenvalue weighted by Gasteiger charge is -2.18. The first-order valence-corrected chi connectivity index (χ1v) is 11.9. The molecule has 8 nitrogen and oxygen atoms in total. The number of nitrogens with zero attached hydrogens (tertiary/aromatic N) is 1. The summed E-state index contributed by atoms with van der Waals surface area (Å²) in [5.41, 5.74) is 2.16. The van der Waals surface area contributed by atoms with Gasteiger partial charge in [-0.25, -0.2) is 0 Å². The Morgan fingerprint density at radius 2 is 1.56 bits per heavy atom. The molecule has 1 aliphatic heterocycles. The summed E-state index contributed by atoms with van der Waals surface area (Å²) in [5.74, 6) is 0.840. The lowest BCUT2D eigenvalue weighted by molar-refractivity contribution is -0.137. The number of aliphatic hydroxyl groups is 1. The van der Waals surface area contributed by atoms with Crippen LogP contribution in [0, 0.1) is 11.8 Å². The zero-order valence-corrected chi connectivity index (χ0v) is 22.2. The Balaban J connectivity index is 0. The first kappa shape index (κ1) is 34.8. The van der Waals surface area contributed by atoms with E-state index < -0.39 is 6.61 Å². The number of hydrogen-bond acceptors (Lipinski definition) is 6. The monoisotopic (exact) mass is 501 g/mol. The van der Waals surface area contributed by atoms with Gasteiger partial charge in [-0.2, -0.15) is 0 Å². The van der Waals surface area contributed by atoms with Crippen LogP contribution in [0.2, 0.25) is 0 Å². The summed E-state index contributed by atoms with van der Waals surface area (Å²) in [5, 5.41) is 14.2. The predicted octanol–water partition coefficient (Wildman–Crippen LogP) is 3.55. The van der Waals surface area contributed by atoms with E-state index >= 15 is 0 Å². The molecule has 3 N–H and O–H groups in total. The van der Waals surface area contributed by atoms with Crippen LogP contribution in [0.5, 0.6) is 0 Å². The number of rotatable bonds is 6. The average molecular weight is 502 g/mol. The number of para-hydroxylation sites is 1. The Morgan fingerprint density at radius 3 is 1.97 bits per heavy atom. The molecule has 1 aliphatic rings. The van der Waals surface area contributed by atoms with Gasteiger partial charge < -0.3 is 30.2 Å². The van der Waals surface area contributed by atoms with Crippen LogP contribution in [-0.2, 0) is 25.7 Å². The van der Waals surface area contributed by atoms with Gasteiger partial charge in [0.1, 0.15) is 19.7 Å². The average Bonchev–Trinajstić information content (AvgIpc) is 3.28. The Hall–Kier alpha value is -3.36. The fraction of sp³-hybridized carbons (Fsp3) is 0.429. The van der Waals surface area contributed by atoms with Crippen LogP contribution < -0.4 is 10.6 Å². The van der Waals surface area contributed by atoms with Crippen molar-refractivity contribution in [2.24, 2.45) is 11.8 Å². The molecule has 0 radical (unpaired) electrons. The number of carbonyl (C=O) groups is 4. The number of amides is 2.